The molecule has 0 saturated carbocycles. The Labute approximate surface area is 188 Å². The first-order chi connectivity index (χ1) is 15.0. The van der Waals surface area contributed by atoms with Crippen molar-refractivity contribution in [2.75, 3.05) is 39.1 Å². The molecule has 1 aliphatic heterocycles. The van der Waals surface area contributed by atoms with E-state index in [0.717, 1.165) is 5.69 Å². The average Bonchev–Trinajstić information content (AvgIpc) is 3.16. The number of aromatic nitrogens is 1. The Morgan fingerprint density at radius 3 is 2.53 bits per heavy atom. The van der Waals surface area contributed by atoms with Gasteiger partial charge in [0.1, 0.15) is 5.82 Å². The van der Waals surface area contributed by atoms with Crippen molar-refractivity contribution in [2.24, 2.45) is 5.73 Å². The number of likely N-dealkylation sites (N-methyl/N-ethyl adjacent to an activating group) is 1. The average molecular weight is 465 g/mol. The zero-order chi connectivity index (χ0) is 23.6. The standard InChI is InChI=1S/C21H29FN6O3S/c1-15-5-6-18(12-24-15)28(21(23)29)20-10-16(9-17(22)11-20)13-27-8-7-19(14-27)26(4)32(30,31)25(2)3/h5-6,9-12,19H,7-8,13-14H2,1-4H3,(H2,23,29)/t19-/m0/s1. The molecule has 2 aromatic rings. The van der Waals surface area contributed by atoms with Crippen molar-refractivity contribution in [3.63, 3.8) is 0 Å². The van der Waals surface area contributed by atoms with Gasteiger partial charge < -0.3 is 5.73 Å². The van der Waals surface area contributed by atoms with Crippen molar-refractivity contribution in [1.29, 1.82) is 0 Å². The summed E-state index contributed by atoms with van der Waals surface area (Å²) >= 11 is 0. The molecular formula is C21H29FN6O3S. The highest BCUT2D eigenvalue weighted by atomic mass is 32.2. The summed E-state index contributed by atoms with van der Waals surface area (Å²) in [6.07, 6.45) is 2.19. The summed E-state index contributed by atoms with van der Waals surface area (Å²) in [5, 5.41) is 0. The van der Waals surface area contributed by atoms with Crippen molar-refractivity contribution in [3.8, 4) is 0 Å². The van der Waals surface area contributed by atoms with E-state index in [4.69, 9.17) is 5.73 Å². The van der Waals surface area contributed by atoms with E-state index in [1.165, 1.54) is 45.9 Å². The van der Waals surface area contributed by atoms with Crippen LogP contribution in [0.15, 0.2) is 36.5 Å². The van der Waals surface area contributed by atoms with Gasteiger partial charge in [0.05, 0.1) is 17.6 Å². The first-order valence-electron chi connectivity index (χ1n) is 10.2. The van der Waals surface area contributed by atoms with Gasteiger partial charge in [0.25, 0.3) is 10.2 Å². The third-order valence-electron chi connectivity index (χ3n) is 5.57. The van der Waals surface area contributed by atoms with Gasteiger partial charge in [0, 0.05) is 52.5 Å². The molecule has 2 N–H and O–H groups in total. The number of primary amides is 1. The van der Waals surface area contributed by atoms with Crippen LogP contribution in [-0.4, -0.2) is 73.2 Å². The van der Waals surface area contributed by atoms with Crippen molar-refractivity contribution in [2.45, 2.75) is 25.9 Å². The number of halogens is 1. The van der Waals surface area contributed by atoms with Gasteiger partial charge in [-0.05, 0) is 49.2 Å². The lowest BCUT2D eigenvalue weighted by atomic mass is 10.1. The van der Waals surface area contributed by atoms with Gasteiger partial charge in [0.2, 0.25) is 0 Å². The third kappa shape index (κ3) is 5.23. The van der Waals surface area contributed by atoms with Crippen molar-refractivity contribution >= 4 is 27.6 Å². The molecule has 1 aliphatic rings. The molecule has 9 nitrogen and oxygen atoms in total. The number of anilines is 2. The smallest absolute Gasteiger partial charge is 0.323 e. The number of pyridine rings is 1. The molecule has 0 radical (unpaired) electrons. The number of carbonyl (C=O) groups excluding carboxylic acids is 1. The van der Waals surface area contributed by atoms with E-state index < -0.39 is 22.1 Å². The van der Waals surface area contributed by atoms with Crippen LogP contribution in [0.3, 0.4) is 0 Å². The number of rotatable bonds is 7. The highest BCUT2D eigenvalue weighted by molar-refractivity contribution is 7.86. The number of nitrogens with two attached hydrogens (primary N) is 1. The van der Waals surface area contributed by atoms with Gasteiger partial charge in [-0.2, -0.15) is 17.0 Å². The fourth-order valence-electron chi connectivity index (χ4n) is 3.81. The molecule has 0 aliphatic carbocycles. The highest BCUT2D eigenvalue weighted by Gasteiger charge is 2.33. The van der Waals surface area contributed by atoms with Crippen LogP contribution in [0.5, 0.6) is 0 Å². The van der Waals surface area contributed by atoms with Crippen LogP contribution in [0.2, 0.25) is 0 Å². The maximum absolute atomic E-state index is 14.4. The van der Waals surface area contributed by atoms with Crippen LogP contribution in [0.25, 0.3) is 0 Å². The van der Waals surface area contributed by atoms with Crippen LogP contribution in [0, 0.1) is 12.7 Å². The summed E-state index contributed by atoms with van der Waals surface area (Å²) in [6, 6.07) is 6.89. The Balaban J connectivity index is 1.79. The highest BCUT2D eigenvalue weighted by Crippen LogP contribution is 2.28. The molecule has 32 heavy (non-hydrogen) atoms. The largest absolute Gasteiger partial charge is 0.351 e. The summed E-state index contributed by atoms with van der Waals surface area (Å²) in [6.45, 7) is 3.43. The first-order valence-corrected chi connectivity index (χ1v) is 11.6. The van der Waals surface area contributed by atoms with Crippen LogP contribution in [0.1, 0.15) is 17.7 Å². The van der Waals surface area contributed by atoms with E-state index in [2.05, 4.69) is 9.88 Å². The predicted octanol–water partition coefficient (Wildman–Crippen LogP) is 2.06. The van der Waals surface area contributed by atoms with E-state index in [1.54, 1.807) is 25.2 Å². The molecule has 11 heteroatoms. The molecule has 174 valence electrons. The molecule has 1 aromatic carbocycles. The Morgan fingerprint density at radius 2 is 1.94 bits per heavy atom. The van der Waals surface area contributed by atoms with E-state index >= 15 is 0 Å². The van der Waals surface area contributed by atoms with Gasteiger partial charge in [-0.1, -0.05) is 0 Å². The predicted molar refractivity (Wildman–Crippen MR) is 121 cm³/mol. The van der Waals surface area contributed by atoms with Gasteiger partial charge >= 0.3 is 6.03 Å². The number of benzene rings is 1. The van der Waals surface area contributed by atoms with E-state index in [9.17, 15) is 17.6 Å². The normalized spacial score (nSPS) is 17.3. The number of aryl methyl sites for hydroxylation is 1. The third-order valence-corrected chi connectivity index (χ3v) is 7.52. The van der Waals surface area contributed by atoms with E-state index in [-0.39, 0.29) is 6.04 Å². The number of carbonyl (C=O) groups is 1. The lowest BCUT2D eigenvalue weighted by Gasteiger charge is -2.27. The summed E-state index contributed by atoms with van der Waals surface area (Å²) < 4.78 is 41.8. The number of urea groups is 1. The summed E-state index contributed by atoms with van der Waals surface area (Å²) in [4.78, 5) is 19.6. The molecule has 2 heterocycles. The Kier molecular flexibility index (Phi) is 7.13. The van der Waals surface area contributed by atoms with Crippen molar-refractivity contribution in [3.05, 3.63) is 53.6 Å². The second-order valence-electron chi connectivity index (χ2n) is 8.13. The maximum Gasteiger partial charge on any atom is 0.323 e. The fraction of sp³-hybridized carbons (Fsp3) is 0.429. The molecule has 1 atom stereocenters. The Morgan fingerprint density at radius 1 is 1.22 bits per heavy atom. The second-order valence-corrected chi connectivity index (χ2v) is 10.3. The quantitative estimate of drug-likeness (QED) is 0.676. The van der Waals surface area contributed by atoms with E-state index in [0.29, 0.717) is 43.0 Å². The number of hydrogen-bond acceptors (Lipinski definition) is 5. The van der Waals surface area contributed by atoms with Crippen LogP contribution in [0.4, 0.5) is 20.6 Å². The summed E-state index contributed by atoms with van der Waals surface area (Å²) in [7, 11) is 1.07. The van der Waals surface area contributed by atoms with Crippen molar-refractivity contribution in [1.82, 2.24) is 18.5 Å². The lowest BCUT2D eigenvalue weighted by molar-refractivity contribution is 0.256. The van der Waals surface area contributed by atoms with Crippen LogP contribution in [-0.2, 0) is 16.8 Å². The molecule has 1 fully saturated rings. The number of amides is 2. The SMILES string of the molecule is Cc1ccc(N(C(N)=O)c2cc(F)cc(CN3CC[C@H](N(C)S(=O)(=O)N(C)C)C3)c2)cn1. The zero-order valence-corrected chi connectivity index (χ0v) is 19.5. The minimum Gasteiger partial charge on any atom is -0.351 e. The van der Waals surface area contributed by atoms with Crippen molar-refractivity contribution < 1.29 is 17.6 Å². The monoisotopic (exact) mass is 464 g/mol. The number of nitrogens with zero attached hydrogens (tertiary/aromatic N) is 5. The number of hydrogen-bond donors (Lipinski definition) is 1. The molecule has 1 aromatic heterocycles. The van der Waals surface area contributed by atoms with Gasteiger partial charge in [-0.15, -0.1) is 0 Å². The van der Waals surface area contributed by atoms with Crippen LogP contribution >= 0.6 is 0 Å². The molecule has 1 saturated heterocycles. The molecule has 0 unspecified atom stereocenters. The minimum atomic E-state index is -3.51. The molecule has 0 bridgehead atoms. The fourth-order valence-corrected chi connectivity index (χ4v) is 4.87. The summed E-state index contributed by atoms with van der Waals surface area (Å²) in [5.74, 6) is -0.494. The molecular weight excluding hydrogens is 435 g/mol. The number of likely N-dealkylation sites (tertiary alicyclic amines) is 1. The molecule has 3 rings (SSSR count). The zero-order valence-electron chi connectivity index (χ0n) is 18.7. The van der Waals surface area contributed by atoms with Gasteiger partial charge in [0.15, 0.2) is 0 Å². The van der Waals surface area contributed by atoms with Gasteiger partial charge in [-0.25, -0.2) is 9.18 Å². The Hall–Kier alpha value is -2.60. The summed E-state index contributed by atoms with van der Waals surface area (Å²) in [5.41, 5.74) is 7.76. The van der Waals surface area contributed by atoms with Crippen LogP contribution < -0.4 is 10.6 Å². The first kappa shape index (κ1) is 24.1. The maximum atomic E-state index is 14.4. The minimum absolute atomic E-state index is 0.170. The second kappa shape index (κ2) is 9.49. The molecule has 0 spiro atoms. The molecule has 2 amide bonds. The topological polar surface area (TPSA) is 103 Å². The lowest BCUT2D eigenvalue weighted by Crippen LogP contribution is -2.44. The van der Waals surface area contributed by atoms with E-state index in [1.807, 2.05) is 6.92 Å². The Bertz CT molecular complexity index is 1080. The van der Waals surface area contributed by atoms with Gasteiger partial charge in [-0.3, -0.25) is 14.8 Å².